The van der Waals surface area contributed by atoms with E-state index in [1.165, 1.54) is 11.1 Å². The summed E-state index contributed by atoms with van der Waals surface area (Å²) in [6, 6.07) is 7.87. The summed E-state index contributed by atoms with van der Waals surface area (Å²) < 4.78 is 0. The highest BCUT2D eigenvalue weighted by Gasteiger charge is 2.29. The number of nitrogens with one attached hydrogen (secondary N) is 1. The number of hydrogen-bond acceptors (Lipinski definition) is 3. The maximum absolute atomic E-state index is 11.8. The van der Waals surface area contributed by atoms with Crippen molar-refractivity contribution in [2.24, 2.45) is 5.73 Å². The number of benzene rings is 1. The lowest BCUT2D eigenvalue weighted by Gasteiger charge is -2.34. The third-order valence-electron chi connectivity index (χ3n) is 3.75. The van der Waals surface area contributed by atoms with Crippen molar-refractivity contribution >= 4 is 11.8 Å². The van der Waals surface area contributed by atoms with Crippen LogP contribution in [0, 0.1) is 0 Å². The van der Waals surface area contributed by atoms with Gasteiger partial charge in [0.2, 0.25) is 11.8 Å². The van der Waals surface area contributed by atoms with Crippen LogP contribution in [-0.2, 0) is 22.6 Å². The number of fused-ring (bicyclic) bond motifs is 1. The molecule has 0 saturated heterocycles. The summed E-state index contributed by atoms with van der Waals surface area (Å²) in [6.45, 7) is 5.07. The van der Waals surface area contributed by atoms with Gasteiger partial charge in [-0.2, -0.15) is 0 Å². The number of carbonyl (C=O) groups excluding carboxylic acids is 2. The third kappa shape index (κ3) is 4.04. The Balaban J connectivity index is 2.03. The number of carbonyl (C=O) groups is 2. The van der Waals surface area contributed by atoms with Crippen LogP contribution in [0.25, 0.3) is 0 Å². The molecule has 0 radical (unpaired) electrons. The van der Waals surface area contributed by atoms with Gasteiger partial charge in [-0.15, -0.1) is 0 Å². The number of nitrogens with zero attached hydrogens (tertiary/aromatic N) is 1. The van der Waals surface area contributed by atoms with Gasteiger partial charge in [-0.05, 0) is 31.4 Å². The van der Waals surface area contributed by atoms with Gasteiger partial charge in [0.1, 0.15) is 0 Å². The van der Waals surface area contributed by atoms with Crippen molar-refractivity contribution in [1.82, 2.24) is 10.2 Å². The molecule has 0 fully saturated rings. The Hall–Kier alpha value is -1.88. The second kappa shape index (κ2) is 6.72. The first kappa shape index (κ1) is 15.5. The smallest absolute Gasteiger partial charge is 0.235 e. The minimum atomic E-state index is -0.327. The van der Waals surface area contributed by atoms with E-state index in [2.05, 4.69) is 11.4 Å². The summed E-state index contributed by atoms with van der Waals surface area (Å²) in [7, 11) is 0. The molecule has 1 atom stereocenters. The van der Waals surface area contributed by atoms with Crippen molar-refractivity contribution in [1.29, 1.82) is 0 Å². The van der Waals surface area contributed by atoms with E-state index in [4.69, 9.17) is 5.73 Å². The monoisotopic (exact) mass is 289 g/mol. The molecule has 0 aromatic heterocycles. The van der Waals surface area contributed by atoms with Gasteiger partial charge >= 0.3 is 0 Å². The molecule has 0 bridgehead atoms. The molecule has 1 aromatic carbocycles. The standard InChI is InChI=1S/C16H23N3O2/c1-11(2)18-15(20)7-8-19-10-13-6-4-3-5-12(13)9-14(19)16(17)21/h3-6,11,14H,7-10H2,1-2H3,(H2,17,21)(H,18,20). The molecule has 0 saturated carbocycles. The minimum Gasteiger partial charge on any atom is -0.368 e. The molecule has 5 heteroatoms. The quantitative estimate of drug-likeness (QED) is 0.842. The molecule has 2 rings (SSSR count). The summed E-state index contributed by atoms with van der Waals surface area (Å²) in [5.41, 5.74) is 7.90. The van der Waals surface area contributed by atoms with Crippen LogP contribution in [0.3, 0.4) is 0 Å². The van der Waals surface area contributed by atoms with Crippen molar-refractivity contribution in [3.63, 3.8) is 0 Å². The molecule has 0 aliphatic carbocycles. The number of nitrogens with two attached hydrogens (primary N) is 1. The first-order valence-electron chi connectivity index (χ1n) is 7.37. The number of primary amides is 1. The fraction of sp³-hybridized carbons (Fsp3) is 0.500. The molecular weight excluding hydrogens is 266 g/mol. The van der Waals surface area contributed by atoms with Gasteiger partial charge in [0.25, 0.3) is 0 Å². The lowest BCUT2D eigenvalue weighted by Crippen LogP contribution is -2.49. The predicted molar refractivity (Wildman–Crippen MR) is 81.4 cm³/mol. The molecule has 2 amide bonds. The SMILES string of the molecule is CC(C)NC(=O)CCN1Cc2ccccc2CC1C(N)=O. The molecule has 1 heterocycles. The van der Waals surface area contributed by atoms with E-state index >= 15 is 0 Å². The van der Waals surface area contributed by atoms with Crippen molar-refractivity contribution in [2.45, 2.75) is 45.3 Å². The van der Waals surface area contributed by atoms with Gasteiger partial charge < -0.3 is 11.1 Å². The molecule has 114 valence electrons. The third-order valence-corrected chi connectivity index (χ3v) is 3.75. The minimum absolute atomic E-state index is 0.00655. The van der Waals surface area contributed by atoms with Gasteiger partial charge in [-0.1, -0.05) is 24.3 Å². The van der Waals surface area contributed by atoms with Crippen LogP contribution in [0.2, 0.25) is 0 Å². The fourth-order valence-corrected chi connectivity index (χ4v) is 2.73. The van der Waals surface area contributed by atoms with Crippen LogP contribution in [0.1, 0.15) is 31.4 Å². The molecule has 1 aliphatic heterocycles. The van der Waals surface area contributed by atoms with E-state index in [1.54, 1.807) is 0 Å². The maximum Gasteiger partial charge on any atom is 0.235 e. The second-order valence-electron chi connectivity index (χ2n) is 5.83. The first-order chi connectivity index (χ1) is 9.97. The Kier molecular flexibility index (Phi) is 4.96. The summed E-state index contributed by atoms with van der Waals surface area (Å²) >= 11 is 0. The largest absolute Gasteiger partial charge is 0.368 e. The first-order valence-corrected chi connectivity index (χ1v) is 7.37. The van der Waals surface area contributed by atoms with Gasteiger partial charge in [0.05, 0.1) is 6.04 Å². The highest BCUT2D eigenvalue weighted by molar-refractivity contribution is 5.81. The normalized spacial score (nSPS) is 18.3. The number of rotatable bonds is 5. The number of hydrogen-bond donors (Lipinski definition) is 2. The van der Waals surface area contributed by atoms with Gasteiger partial charge in [0, 0.05) is 25.6 Å². The molecule has 0 spiro atoms. The van der Waals surface area contributed by atoms with Crippen molar-refractivity contribution in [3.05, 3.63) is 35.4 Å². The van der Waals surface area contributed by atoms with Crippen molar-refractivity contribution in [3.8, 4) is 0 Å². The molecule has 1 aliphatic rings. The van der Waals surface area contributed by atoms with E-state index in [9.17, 15) is 9.59 Å². The molecular formula is C16H23N3O2. The van der Waals surface area contributed by atoms with Crippen LogP contribution in [0.15, 0.2) is 24.3 Å². The zero-order chi connectivity index (χ0) is 15.4. The van der Waals surface area contributed by atoms with Crippen LogP contribution >= 0.6 is 0 Å². The lowest BCUT2D eigenvalue weighted by molar-refractivity contribution is -0.126. The Labute approximate surface area is 125 Å². The average Bonchev–Trinajstić information content (AvgIpc) is 2.43. The zero-order valence-corrected chi connectivity index (χ0v) is 12.6. The van der Waals surface area contributed by atoms with Crippen molar-refractivity contribution < 1.29 is 9.59 Å². The van der Waals surface area contributed by atoms with Gasteiger partial charge in [-0.3, -0.25) is 14.5 Å². The summed E-state index contributed by atoms with van der Waals surface area (Å²) in [5, 5.41) is 2.86. The predicted octanol–water partition coefficient (Wildman–Crippen LogP) is 0.813. The highest BCUT2D eigenvalue weighted by atomic mass is 16.2. The van der Waals surface area contributed by atoms with E-state index in [0.29, 0.717) is 25.9 Å². The molecule has 21 heavy (non-hydrogen) atoms. The average molecular weight is 289 g/mol. The maximum atomic E-state index is 11.8. The molecule has 5 nitrogen and oxygen atoms in total. The Bertz CT molecular complexity index is 528. The summed E-state index contributed by atoms with van der Waals surface area (Å²) in [6.07, 6.45) is 1.00. The van der Waals surface area contributed by atoms with Gasteiger partial charge in [0.15, 0.2) is 0 Å². The van der Waals surface area contributed by atoms with E-state index in [1.807, 2.05) is 36.9 Å². The van der Waals surface area contributed by atoms with Crippen molar-refractivity contribution in [2.75, 3.05) is 6.54 Å². The number of amides is 2. The summed E-state index contributed by atoms with van der Waals surface area (Å²) in [4.78, 5) is 25.4. The van der Waals surface area contributed by atoms with Crippen LogP contribution in [0.5, 0.6) is 0 Å². The van der Waals surface area contributed by atoms with Gasteiger partial charge in [-0.25, -0.2) is 0 Å². The van der Waals surface area contributed by atoms with E-state index < -0.39 is 0 Å². The molecule has 1 unspecified atom stereocenters. The Morgan fingerprint density at radius 1 is 1.33 bits per heavy atom. The molecule has 3 N–H and O–H groups in total. The van der Waals surface area contributed by atoms with Crippen LogP contribution in [0.4, 0.5) is 0 Å². The van der Waals surface area contributed by atoms with E-state index in [0.717, 1.165) is 0 Å². The fourth-order valence-electron chi connectivity index (χ4n) is 2.73. The van der Waals surface area contributed by atoms with Crippen LogP contribution < -0.4 is 11.1 Å². The second-order valence-corrected chi connectivity index (χ2v) is 5.83. The lowest BCUT2D eigenvalue weighted by atomic mass is 9.93. The molecule has 1 aromatic rings. The Morgan fingerprint density at radius 3 is 2.62 bits per heavy atom. The highest BCUT2D eigenvalue weighted by Crippen LogP contribution is 2.23. The topological polar surface area (TPSA) is 75.4 Å². The Morgan fingerprint density at radius 2 is 2.00 bits per heavy atom. The zero-order valence-electron chi connectivity index (χ0n) is 12.6. The summed E-state index contributed by atoms with van der Waals surface area (Å²) in [5.74, 6) is -0.319. The van der Waals surface area contributed by atoms with Crippen LogP contribution in [-0.4, -0.2) is 35.3 Å². The van der Waals surface area contributed by atoms with E-state index in [-0.39, 0.29) is 23.9 Å².